The summed E-state index contributed by atoms with van der Waals surface area (Å²) in [7, 11) is 0. The van der Waals surface area contributed by atoms with Crippen molar-refractivity contribution in [1.29, 1.82) is 0 Å². The summed E-state index contributed by atoms with van der Waals surface area (Å²) in [5, 5.41) is 48.9. The molecule has 2 amide bonds. The number of carbonyl (C=O) groups excluding carboxylic acids is 4. The molecule has 0 saturated carbocycles. The first kappa shape index (κ1) is 31.1. The highest BCUT2D eigenvalue weighted by Gasteiger charge is 2.59. The number of alkyl carbamates (subject to hydrolysis) is 1. The van der Waals surface area contributed by atoms with Crippen molar-refractivity contribution in [3.8, 4) is 16.9 Å². The summed E-state index contributed by atoms with van der Waals surface area (Å²) in [6.45, 7) is 0.0631. The zero-order valence-corrected chi connectivity index (χ0v) is 26.0. The number of allylic oxidation sites excluding steroid dienone is 2. The molecule has 2 unspecified atom stereocenters. The molecule has 0 fully saturated rings. The topological polar surface area (TPSA) is 209 Å². The average molecular weight is 668 g/mol. The number of anilines is 1. The number of ether oxygens (including phenoxy) is 1. The molecule has 0 spiro atoms. The van der Waals surface area contributed by atoms with Crippen molar-refractivity contribution >= 4 is 46.6 Å². The summed E-state index contributed by atoms with van der Waals surface area (Å²) < 4.78 is 5.57. The third-order valence-corrected chi connectivity index (χ3v) is 9.96. The molecule has 4 aliphatic rings. The fourth-order valence-electron chi connectivity index (χ4n) is 7.62. The van der Waals surface area contributed by atoms with Crippen molar-refractivity contribution in [2.45, 2.75) is 30.8 Å². The highest BCUT2D eigenvalue weighted by Crippen LogP contribution is 2.52. The first-order valence-electron chi connectivity index (χ1n) is 15.2. The maximum atomic E-state index is 13.8. The molecule has 0 saturated heterocycles. The molecule has 244 valence electrons. The van der Waals surface area contributed by atoms with Crippen LogP contribution < -0.4 is 16.4 Å². The van der Waals surface area contributed by atoms with Crippen LogP contribution in [0.3, 0.4) is 0 Å². The Labute approximate surface area is 278 Å². The highest BCUT2D eigenvalue weighted by molar-refractivity contribution is 7.80. The molecule has 3 aromatic carbocycles. The van der Waals surface area contributed by atoms with Crippen LogP contribution in [-0.4, -0.2) is 61.3 Å². The molecule has 0 aliphatic heterocycles. The Hall–Kier alpha value is -5.53. The molecule has 3 atom stereocenters. The first-order chi connectivity index (χ1) is 22.9. The van der Waals surface area contributed by atoms with Gasteiger partial charge in [-0.15, -0.1) is 0 Å². The summed E-state index contributed by atoms with van der Waals surface area (Å²) in [4.78, 5) is 51.6. The number of amides is 2. The molecule has 8 N–H and O–H groups in total. The van der Waals surface area contributed by atoms with E-state index in [4.69, 9.17) is 22.7 Å². The molecule has 0 heterocycles. The fraction of sp³-hybridized carbons (Fsp3) is 0.229. The Balaban J connectivity index is 1.09. The molecule has 0 radical (unpaired) electrons. The van der Waals surface area contributed by atoms with Crippen LogP contribution in [0, 0.1) is 11.8 Å². The predicted molar refractivity (Wildman–Crippen MR) is 175 cm³/mol. The van der Waals surface area contributed by atoms with Crippen LogP contribution in [-0.2, 0) is 20.7 Å². The third kappa shape index (κ3) is 4.65. The van der Waals surface area contributed by atoms with Gasteiger partial charge in [0.25, 0.3) is 5.91 Å². The molecular formula is C35H29N3O9S. The number of aliphatic hydroxyl groups excluding tert-OH is 2. The lowest BCUT2D eigenvalue weighted by molar-refractivity contribution is -0.144. The molecule has 3 aromatic rings. The number of primary amides is 1. The summed E-state index contributed by atoms with van der Waals surface area (Å²) in [5.41, 5.74) is 6.14. The Bertz CT molecular complexity index is 2010. The van der Waals surface area contributed by atoms with E-state index < -0.39 is 63.8 Å². The summed E-state index contributed by atoms with van der Waals surface area (Å²) in [6, 6.07) is 18.5. The SMILES string of the molecule is NC(=O)C1=C(O)CC2CC3Cc4c(NC(=S)NC(=O)OCC5c6ccccc6-c6ccccc65)ccc(O)c4C(=O)C3=C(O)[C@]2(O)C1=O. The van der Waals surface area contributed by atoms with Gasteiger partial charge in [-0.3, -0.25) is 19.7 Å². The van der Waals surface area contributed by atoms with E-state index in [2.05, 4.69) is 10.6 Å². The third-order valence-electron chi connectivity index (χ3n) is 9.75. The minimum atomic E-state index is -2.66. The van der Waals surface area contributed by atoms with Gasteiger partial charge in [0, 0.05) is 29.5 Å². The highest BCUT2D eigenvalue weighted by atomic mass is 32.1. The van der Waals surface area contributed by atoms with Gasteiger partial charge in [0.2, 0.25) is 5.78 Å². The minimum absolute atomic E-state index is 0.0273. The summed E-state index contributed by atoms with van der Waals surface area (Å²) in [5.74, 6) is -7.35. The minimum Gasteiger partial charge on any atom is -0.511 e. The van der Waals surface area contributed by atoms with Crippen LogP contribution in [0.5, 0.6) is 5.75 Å². The number of nitrogens with one attached hydrogen (secondary N) is 2. The van der Waals surface area contributed by atoms with Crippen molar-refractivity contribution in [1.82, 2.24) is 5.32 Å². The van der Waals surface area contributed by atoms with Gasteiger partial charge in [-0.25, -0.2) is 4.79 Å². The van der Waals surface area contributed by atoms with Gasteiger partial charge in [-0.05, 0) is 70.9 Å². The number of thiocarbonyl (C=S) groups is 1. The molecule has 12 nitrogen and oxygen atoms in total. The monoisotopic (exact) mass is 667 g/mol. The quantitative estimate of drug-likeness (QED) is 0.121. The van der Waals surface area contributed by atoms with Crippen LogP contribution in [0.4, 0.5) is 10.5 Å². The van der Waals surface area contributed by atoms with Crippen LogP contribution in [0.25, 0.3) is 11.1 Å². The zero-order valence-electron chi connectivity index (χ0n) is 25.1. The number of aliphatic hydroxyl groups is 3. The lowest BCUT2D eigenvalue weighted by atomic mass is 9.60. The van der Waals surface area contributed by atoms with E-state index in [0.717, 1.165) is 22.3 Å². The van der Waals surface area contributed by atoms with E-state index in [0.29, 0.717) is 5.56 Å². The Morgan fingerprint density at radius 2 is 1.60 bits per heavy atom. The normalized spacial score (nSPS) is 22.6. The van der Waals surface area contributed by atoms with Gasteiger partial charge in [-0.2, -0.15) is 0 Å². The number of hydrogen-bond donors (Lipinski definition) is 7. The van der Waals surface area contributed by atoms with Gasteiger partial charge in [0.05, 0.1) is 5.56 Å². The van der Waals surface area contributed by atoms with E-state index in [1.54, 1.807) is 0 Å². The number of nitrogens with two attached hydrogens (primary N) is 1. The zero-order chi connectivity index (χ0) is 34.1. The summed E-state index contributed by atoms with van der Waals surface area (Å²) >= 11 is 5.38. The maximum Gasteiger partial charge on any atom is 0.413 e. The number of Topliss-reactive ketones (excluding diaryl/α,β-unsaturated/α-hetero) is 2. The van der Waals surface area contributed by atoms with E-state index >= 15 is 0 Å². The van der Waals surface area contributed by atoms with Crippen LogP contribution >= 0.6 is 12.2 Å². The molecular weight excluding hydrogens is 638 g/mol. The molecule has 7 rings (SSSR count). The molecule has 48 heavy (non-hydrogen) atoms. The van der Waals surface area contributed by atoms with Crippen molar-refractivity contribution < 1.29 is 44.3 Å². The largest absolute Gasteiger partial charge is 0.511 e. The second kappa shape index (κ2) is 11.3. The number of benzene rings is 3. The van der Waals surface area contributed by atoms with Crippen molar-refractivity contribution in [3.63, 3.8) is 0 Å². The van der Waals surface area contributed by atoms with Gasteiger partial charge < -0.3 is 36.2 Å². The van der Waals surface area contributed by atoms with Crippen LogP contribution in [0.1, 0.15) is 45.8 Å². The van der Waals surface area contributed by atoms with Gasteiger partial charge in [-0.1, -0.05) is 48.5 Å². The predicted octanol–water partition coefficient (Wildman–Crippen LogP) is 3.82. The number of phenolic OH excluding ortho intramolecular Hbond substituents is 1. The molecule has 0 bridgehead atoms. The van der Waals surface area contributed by atoms with Crippen LogP contribution in [0.2, 0.25) is 0 Å². The van der Waals surface area contributed by atoms with Gasteiger partial charge >= 0.3 is 6.09 Å². The lowest BCUT2D eigenvalue weighted by Gasteiger charge is -2.45. The van der Waals surface area contributed by atoms with Crippen molar-refractivity contribution in [2.24, 2.45) is 17.6 Å². The number of phenols is 1. The number of aromatic hydroxyl groups is 1. The standard InChI is InChI=1S/C35H29N3O9S/c36-32(44)28-25(40)13-16-11-15-12-21-23(9-10-24(39)27(21)29(41)26(15)30(42)35(16,46)31(28)43)37-33(48)38-34(45)47-14-22-19-7-3-1-5-17(19)18-6-2-4-8-20(18)22/h1-10,15-16,22,39-40,42,46H,11-14H2,(H2,36,44)(H2,37,38,45,48)/t15?,16?,35-/m0/s1. The smallest absolute Gasteiger partial charge is 0.413 e. The fourth-order valence-corrected chi connectivity index (χ4v) is 7.81. The number of ketones is 2. The van der Waals surface area contributed by atoms with Crippen LogP contribution in [0.15, 0.2) is 83.3 Å². The number of carbonyl (C=O) groups is 4. The maximum absolute atomic E-state index is 13.8. The Kier molecular flexibility index (Phi) is 7.33. The van der Waals surface area contributed by atoms with Crippen molar-refractivity contribution in [3.05, 3.63) is 106 Å². The Morgan fingerprint density at radius 3 is 2.25 bits per heavy atom. The van der Waals surface area contributed by atoms with Gasteiger partial charge in [0.15, 0.2) is 16.5 Å². The summed E-state index contributed by atoms with van der Waals surface area (Å²) in [6.07, 6.45) is -1.11. The van der Waals surface area contributed by atoms with E-state index in [1.165, 1.54) is 12.1 Å². The lowest BCUT2D eigenvalue weighted by Crippen LogP contribution is -2.57. The number of rotatable bonds is 4. The molecule has 0 aromatic heterocycles. The van der Waals surface area contributed by atoms with E-state index in [9.17, 15) is 39.6 Å². The number of hydrogen-bond acceptors (Lipinski definition) is 10. The second-order valence-electron chi connectivity index (χ2n) is 12.3. The Morgan fingerprint density at radius 1 is 0.958 bits per heavy atom. The first-order valence-corrected chi connectivity index (χ1v) is 15.6. The average Bonchev–Trinajstić information content (AvgIpc) is 3.36. The second-order valence-corrected chi connectivity index (χ2v) is 12.7. The van der Waals surface area contributed by atoms with E-state index in [1.807, 2.05) is 48.5 Å². The number of fused-ring (bicyclic) bond motifs is 6. The van der Waals surface area contributed by atoms with Gasteiger partial charge in [0.1, 0.15) is 29.4 Å². The van der Waals surface area contributed by atoms with E-state index in [-0.39, 0.29) is 53.7 Å². The van der Waals surface area contributed by atoms with Crippen molar-refractivity contribution in [2.75, 3.05) is 11.9 Å². The molecule has 4 aliphatic carbocycles. The molecule has 13 heteroatoms.